The molecule has 252 valence electrons. The number of furan rings is 1. The van der Waals surface area contributed by atoms with E-state index in [1.165, 1.54) is 91.5 Å². The van der Waals surface area contributed by atoms with Crippen LogP contribution < -0.4 is 0 Å². The van der Waals surface area contributed by atoms with E-state index in [0.29, 0.717) is 0 Å². The monoisotopic (exact) mass is 696 g/mol. The van der Waals surface area contributed by atoms with Crippen molar-refractivity contribution in [2.75, 3.05) is 0 Å². The van der Waals surface area contributed by atoms with Crippen LogP contribution in [0, 0.1) is 0 Å². The first-order chi connectivity index (χ1) is 25.9. The Morgan fingerprint density at radius 2 is 1.23 bits per heavy atom. The van der Waals surface area contributed by atoms with Crippen LogP contribution >= 0.6 is 11.3 Å². The summed E-state index contributed by atoms with van der Waals surface area (Å²) in [7, 11) is 0. The minimum Gasteiger partial charge on any atom is -0.456 e. The van der Waals surface area contributed by atoms with Crippen molar-refractivity contribution in [1.29, 1.82) is 0 Å². The molecule has 0 fully saturated rings. The third-order valence-electron chi connectivity index (χ3n) is 11.9. The largest absolute Gasteiger partial charge is 0.456 e. The first kappa shape index (κ1) is 30.6. The van der Waals surface area contributed by atoms with Gasteiger partial charge in [-0.1, -0.05) is 129 Å². The van der Waals surface area contributed by atoms with Crippen molar-refractivity contribution in [2.24, 2.45) is 0 Å². The van der Waals surface area contributed by atoms with Gasteiger partial charge >= 0.3 is 0 Å². The van der Waals surface area contributed by atoms with Crippen LogP contribution in [0.3, 0.4) is 0 Å². The molecule has 0 amide bonds. The summed E-state index contributed by atoms with van der Waals surface area (Å²) in [6, 6.07) is 51.4. The molecule has 0 N–H and O–H groups in total. The van der Waals surface area contributed by atoms with Crippen molar-refractivity contribution in [3.8, 4) is 11.1 Å². The maximum atomic E-state index is 6.36. The van der Waals surface area contributed by atoms with Crippen molar-refractivity contribution in [2.45, 2.75) is 32.6 Å². The zero-order valence-electron chi connectivity index (χ0n) is 30.0. The lowest BCUT2D eigenvalue weighted by molar-refractivity contribution is 0.645. The maximum absolute atomic E-state index is 6.36. The molecule has 0 unspecified atom stereocenters. The summed E-state index contributed by atoms with van der Waals surface area (Å²) in [6.45, 7) is 7.08. The Balaban J connectivity index is 1.03. The summed E-state index contributed by atoms with van der Waals surface area (Å²) in [4.78, 5) is 0. The van der Waals surface area contributed by atoms with Crippen LogP contribution in [0.1, 0.15) is 37.5 Å². The molecule has 2 heterocycles. The first-order valence-electron chi connectivity index (χ1n) is 18.5. The molecule has 11 rings (SSSR count). The first-order valence-corrected chi connectivity index (χ1v) is 19.4. The lowest BCUT2D eigenvalue weighted by Gasteiger charge is -2.22. The molecule has 1 nitrogen and oxygen atoms in total. The number of para-hydroxylation sites is 1. The van der Waals surface area contributed by atoms with Gasteiger partial charge in [0.25, 0.3) is 0 Å². The zero-order valence-corrected chi connectivity index (χ0v) is 30.8. The van der Waals surface area contributed by atoms with E-state index >= 15 is 0 Å². The molecule has 0 saturated heterocycles. The number of hydrogen-bond donors (Lipinski definition) is 0. The number of allylic oxidation sites excluding steroid dienone is 4. The van der Waals surface area contributed by atoms with E-state index in [9.17, 15) is 0 Å². The second-order valence-corrected chi connectivity index (χ2v) is 16.4. The van der Waals surface area contributed by atoms with Gasteiger partial charge in [0.2, 0.25) is 0 Å². The highest BCUT2D eigenvalue weighted by molar-refractivity contribution is 7.25. The van der Waals surface area contributed by atoms with Gasteiger partial charge in [-0.2, -0.15) is 0 Å². The summed E-state index contributed by atoms with van der Waals surface area (Å²) in [6.07, 6.45) is 5.76. The second-order valence-electron chi connectivity index (χ2n) is 15.3. The minimum atomic E-state index is -0.0568. The summed E-state index contributed by atoms with van der Waals surface area (Å²) in [5.74, 6) is 0. The third kappa shape index (κ3) is 4.55. The van der Waals surface area contributed by atoms with Crippen LogP contribution in [-0.2, 0) is 11.8 Å². The molecule has 0 saturated carbocycles. The molecule has 0 bridgehead atoms. The van der Waals surface area contributed by atoms with Gasteiger partial charge in [-0.15, -0.1) is 11.3 Å². The molecule has 1 aliphatic carbocycles. The number of fused-ring (bicyclic) bond motifs is 10. The molecule has 1 aliphatic rings. The number of rotatable bonds is 3. The molecule has 2 heteroatoms. The van der Waals surface area contributed by atoms with Gasteiger partial charge in [0.05, 0.1) is 0 Å². The van der Waals surface area contributed by atoms with Crippen LogP contribution in [0.2, 0.25) is 0 Å². The SMILES string of the molecule is C/C(=C\C=C1/Cc2cc3cc4c(cc3cc2C1(C)C)sc1ccccc14)c1c2ccccc2c(-c2ccc3c(c2)oc2ccccc23)c2ccccc12. The number of hydrogen-bond acceptors (Lipinski definition) is 2. The topological polar surface area (TPSA) is 13.1 Å². The lowest BCUT2D eigenvalue weighted by atomic mass is 9.81. The Hall–Kier alpha value is -5.96. The van der Waals surface area contributed by atoms with Gasteiger partial charge in [0.15, 0.2) is 0 Å². The fourth-order valence-electron chi connectivity index (χ4n) is 9.22. The van der Waals surface area contributed by atoms with Gasteiger partial charge in [0.1, 0.15) is 11.2 Å². The molecule has 8 aromatic carbocycles. The molecule has 53 heavy (non-hydrogen) atoms. The molecular formula is C51H36OS. The maximum Gasteiger partial charge on any atom is 0.136 e. The van der Waals surface area contributed by atoms with E-state index in [1.54, 1.807) is 0 Å². The van der Waals surface area contributed by atoms with E-state index in [-0.39, 0.29) is 5.41 Å². The van der Waals surface area contributed by atoms with Crippen molar-refractivity contribution in [3.63, 3.8) is 0 Å². The minimum absolute atomic E-state index is 0.0568. The third-order valence-corrected chi connectivity index (χ3v) is 13.1. The Labute approximate surface area is 312 Å². The highest BCUT2D eigenvalue weighted by atomic mass is 32.1. The Morgan fingerprint density at radius 3 is 2.00 bits per heavy atom. The summed E-state index contributed by atoms with van der Waals surface area (Å²) in [5.41, 5.74) is 11.1. The van der Waals surface area contributed by atoms with Crippen LogP contribution in [0.25, 0.3) is 91.1 Å². The van der Waals surface area contributed by atoms with Crippen LogP contribution in [0.5, 0.6) is 0 Å². The van der Waals surface area contributed by atoms with E-state index in [1.807, 2.05) is 17.4 Å². The van der Waals surface area contributed by atoms with Gasteiger partial charge in [-0.05, 0) is 122 Å². The zero-order chi connectivity index (χ0) is 35.4. The Morgan fingerprint density at radius 1 is 0.585 bits per heavy atom. The molecule has 0 aliphatic heterocycles. The highest BCUT2D eigenvalue weighted by Gasteiger charge is 2.34. The fraction of sp³-hybridized carbons (Fsp3) is 0.0980. The average molecular weight is 697 g/mol. The van der Waals surface area contributed by atoms with Crippen molar-refractivity contribution in [3.05, 3.63) is 174 Å². The fourth-order valence-corrected chi connectivity index (χ4v) is 10.4. The van der Waals surface area contributed by atoms with Crippen LogP contribution in [0.15, 0.2) is 162 Å². The summed E-state index contributed by atoms with van der Waals surface area (Å²) in [5, 5.41) is 12.8. The van der Waals surface area contributed by atoms with E-state index in [4.69, 9.17) is 4.42 Å². The smallest absolute Gasteiger partial charge is 0.136 e. The molecular weight excluding hydrogens is 661 g/mol. The number of benzene rings is 8. The van der Waals surface area contributed by atoms with Crippen molar-refractivity contribution in [1.82, 2.24) is 0 Å². The second kappa shape index (κ2) is 11.3. The normalized spacial score (nSPS) is 15.3. The summed E-state index contributed by atoms with van der Waals surface area (Å²) < 4.78 is 9.08. The van der Waals surface area contributed by atoms with E-state index in [2.05, 4.69) is 166 Å². The molecule has 0 radical (unpaired) electrons. The standard InChI is InChI=1S/C51H36OS/c1-30(20-22-35-25-34-24-32-26-43-38-13-9-11-19-47(38)53-48(43)29-33(32)27-44(34)51(35,2)3)49-39-14-4-6-16-41(39)50(42-17-7-5-15-40(42)49)31-21-23-37-36-12-8-10-18-45(36)52-46(37)28-31/h4-24,26-29H,25H2,1-3H3/b30-20+,35-22+. The molecule has 0 atom stereocenters. The number of thiophene rings is 1. The predicted octanol–water partition coefficient (Wildman–Crippen LogP) is 14.9. The van der Waals surface area contributed by atoms with Crippen molar-refractivity contribution < 1.29 is 4.42 Å². The van der Waals surface area contributed by atoms with Crippen molar-refractivity contribution >= 4 is 91.3 Å². The van der Waals surface area contributed by atoms with Crippen LogP contribution in [0.4, 0.5) is 0 Å². The average Bonchev–Trinajstić information content (AvgIpc) is 3.81. The Bertz CT molecular complexity index is 3180. The van der Waals surface area contributed by atoms with Crippen LogP contribution in [-0.4, -0.2) is 0 Å². The van der Waals surface area contributed by atoms with E-state index < -0.39 is 0 Å². The highest BCUT2D eigenvalue weighted by Crippen LogP contribution is 2.47. The Kier molecular flexibility index (Phi) is 6.52. The van der Waals surface area contributed by atoms with Gasteiger partial charge < -0.3 is 4.42 Å². The quantitative estimate of drug-likeness (QED) is 0.168. The van der Waals surface area contributed by atoms with Gasteiger partial charge in [0, 0.05) is 36.4 Å². The molecule has 0 spiro atoms. The van der Waals surface area contributed by atoms with Gasteiger partial charge in [-0.3, -0.25) is 0 Å². The van der Waals surface area contributed by atoms with E-state index in [0.717, 1.165) is 28.4 Å². The van der Waals surface area contributed by atoms with Gasteiger partial charge in [-0.25, -0.2) is 0 Å². The lowest BCUT2D eigenvalue weighted by Crippen LogP contribution is -2.15. The molecule has 2 aromatic heterocycles. The molecule has 10 aromatic rings. The predicted molar refractivity (Wildman–Crippen MR) is 229 cm³/mol. The summed E-state index contributed by atoms with van der Waals surface area (Å²) >= 11 is 1.90.